The first kappa shape index (κ1) is 25.0. The van der Waals surface area contributed by atoms with E-state index in [-0.39, 0.29) is 23.7 Å². The fourth-order valence-corrected chi connectivity index (χ4v) is 4.02. The lowest BCUT2D eigenvalue weighted by atomic mass is 10.1. The molecule has 0 bridgehead atoms. The van der Waals surface area contributed by atoms with Crippen molar-refractivity contribution in [3.63, 3.8) is 0 Å². The van der Waals surface area contributed by atoms with Crippen LogP contribution in [0.4, 0.5) is 0 Å². The van der Waals surface area contributed by atoms with Crippen LogP contribution < -0.4 is 14.6 Å². The molecule has 3 aromatic rings. The summed E-state index contributed by atoms with van der Waals surface area (Å²) in [5.41, 5.74) is 2.49. The van der Waals surface area contributed by atoms with Gasteiger partial charge in [-0.3, -0.25) is 9.59 Å². The van der Waals surface area contributed by atoms with E-state index < -0.39 is 22.6 Å². The van der Waals surface area contributed by atoms with E-state index in [0.717, 1.165) is 5.69 Å². The molecule has 10 heteroatoms. The maximum Gasteiger partial charge on any atom is 0.309 e. The summed E-state index contributed by atoms with van der Waals surface area (Å²) >= 11 is 0. The molecule has 0 unspecified atom stereocenters. The Labute approximate surface area is 198 Å². The van der Waals surface area contributed by atoms with Gasteiger partial charge in [-0.2, -0.15) is 0 Å². The van der Waals surface area contributed by atoms with Gasteiger partial charge in [0.2, 0.25) is 15.8 Å². The van der Waals surface area contributed by atoms with Gasteiger partial charge in [0, 0.05) is 22.6 Å². The van der Waals surface area contributed by atoms with E-state index in [1.807, 2.05) is 17.6 Å². The molecule has 0 aliphatic rings. The van der Waals surface area contributed by atoms with Gasteiger partial charge >= 0.3 is 5.97 Å². The zero-order chi connectivity index (χ0) is 24.9. The molecule has 2 aromatic carbocycles. The number of ketones is 1. The smallest absolute Gasteiger partial charge is 0.309 e. The minimum atomic E-state index is -3.80. The Morgan fingerprint density at radius 3 is 2.26 bits per heavy atom. The first-order chi connectivity index (χ1) is 16.1. The molecule has 9 nitrogen and oxygen atoms in total. The van der Waals surface area contributed by atoms with Crippen molar-refractivity contribution in [2.24, 2.45) is 5.14 Å². The number of esters is 1. The van der Waals surface area contributed by atoms with Crippen LogP contribution in [0.3, 0.4) is 0 Å². The van der Waals surface area contributed by atoms with Gasteiger partial charge in [0.25, 0.3) is 0 Å². The van der Waals surface area contributed by atoms with Crippen LogP contribution in [-0.4, -0.2) is 45.1 Å². The molecule has 0 atom stereocenters. The number of hydrogen-bond acceptors (Lipinski definition) is 7. The Morgan fingerprint density at radius 1 is 1.00 bits per heavy atom. The number of methoxy groups -OCH3 is 1. The normalized spacial score (nSPS) is 11.2. The van der Waals surface area contributed by atoms with Gasteiger partial charge in [0.15, 0.2) is 18.1 Å². The molecule has 0 saturated carbocycles. The molecular weight excluding hydrogens is 460 g/mol. The van der Waals surface area contributed by atoms with Gasteiger partial charge in [0.1, 0.15) is 0 Å². The molecule has 0 amide bonds. The third kappa shape index (κ3) is 5.83. The molecule has 1 aromatic heterocycles. The Hall–Kier alpha value is -3.63. The third-order valence-electron chi connectivity index (χ3n) is 5.15. The molecule has 0 saturated heterocycles. The van der Waals surface area contributed by atoms with Crippen LogP contribution in [-0.2, 0) is 19.6 Å². The number of primary sulfonamides is 1. The summed E-state index contributed by atoms with van der Waals surface area (Å²) in [6, 6.07) is 14.8. The second-order valence-corrected chi connectivity index (χ2v) is 9.05. The quantitative estimate of drug-likeness (QED) is 0.345. The summed E-state index contributed by atoms with van der Waals surface area (Å²) < 4.78 is 40.6. The molecule has 0 aliphatic carbocycles. The number of hydrogen-bond donors (Lipinski definition) is 1. The van der Waals surface area contributed by atoms with Crippen molar-refractivity contribution in [3.8, 4) is 17.2 Å². The van der Waals surface area contributed by atoms with E-state index in [4.69, 9.17) is 19.3 Å². The van der Waals surface area contributed by atoms with E-state index >= 15 is 0 Å². The Bertz CT molecular complexity index is 1300. The number of para-hydroxylation sites is 2. The molecule has 2 N–H and O–H groups in total. The molecule has 34 heavy (non-hydrogen) atoms. The number of nitrogens with zero attached hydrogens (tertiary/aromatic N) is 1. The number of carbonyl (C=O) groups excluding carboxylic acids is 2. The zero-order valence-corrected chi connectivity index (χ0v) is 19.9. The van der Waals surface area contributed by atoms with Crippen LogP contribution in [0.15, 0.2) is 59.5 Å². The standard InChI is InChI=1S/C24H26N2O7S/c1-16-14-20(17(2)26(16)18-8-10-19(11-9-18)34(25,29)30)21(27)15-33-24(28)12-13-32-23-7-5-4-6-22(23)31-3/h4-11,14H,12-13,15H2,1-3H3,(H2,25,29,30). The topological polar surface area (TPSA) is 127 Å². The molecule has 0 aliphatic heterocycles. The van der Waals surface area contributed by atoms with Crippen LogP contribution in [0.2, 0.25) is 0 Å². The van der Waals surface area contributed by atoms with Gasteiger partial charge in [-0.15, -0.1) is 0 Å². The highest BCUT2D eigenvalue weighted by Gasteiger charge is 2.19. The van der Waals surface area contributed by atoms with Crippen molar-refractivity contribution in [1.82, 2.24) is 4.57 Å². The minimum absolute atomic E-state index is 0.00314. The van der Waals surface area contributed by atoms with Crippen LogP contribution in [0.1, 0.15) is 28.2 Å². The summed E-state index contributed by atoms with van der Waals surface area (Å²) in [5, 5.41) is 5.15. The van der Waals surface area contributed by atoms with E-state index in [1.54, 1.807) is 43.3 Å². The number of nitrogens with two attached hydrogens (primary N) is 1. The first-order valence-electron chi connectivity index (χ1n) is 10.4. The highest BCUT2D eigenvalue weighted by molar-refractivity contribution is 7.89. The molecule has 180 valence electrons. The molecule has 0 fully saturated rings. The first-order valence-corrected chi connectivity index (χ1v) is 11.9. The van der Waals surface area contributed by atoms with Gasteiger partial charge in [0.05, 0.1) is 25.0 Å². The molecule has 1 heterocycles. The largest absolute Gasteiger partial charge is 0.493 e. The fourth-order valence-electron chi connectivity index (χ4n) is 3.51. The maximum absolute atomic E-state index is 12.7. The number of aryl methyl sites for hydroxylation is 1. The maximum atomic E-state index is 12.7. The molecule has 0 spiro atoms. The molecular formula is C24H26N2O7S. The van der Waals surface area contributed by atoms with E-state index in [9.17, 15) is 18.0 Å². The highest BCUT2D eigenvalue weighted by Crippen LogP contribution is 2.26. The molecule has 3 rings (SSSR count). The summed E-state index contributed by atoms with van der Waals surface area (Å²) in [6.07, 6.45) is -0.0270. The number of benzene rings is 2. The monoisotopic (exact) mass is 486 g/mol. The number of aromatic nitrogens is 1. The van der Waals surface area contributed by atoms with Gasteiger partial charge in [-0.1, -0.05) is 12.1 Å². The van der Waals surface area contributed by atoms with Gasteiger partial charge < -0.3 is 18.8 Å². The lowest BCUT2D eigenvalue weighted by Gasteiger charge is -2.11. The van der Waals surface area contributed by atoms with E-state index in [2.05, 4.69) is 0 Å². The van der Waals surface area contributed by atoms with Crippen LogP contribution in [0, 0.1) is 13.8 Å². The van der Waals surface area contributed by atoms with Crippen LogP contribution in [0.25, 0.3) is 5.69 Å². The second kappa shape index (κ2) is 10.5. The Morgan fingerprint density at radius 2 is 1.65 bits per heavy atom. The fraction of sp³-hybridized carbons (Fsp3) is 0.250. The zero-order valence-electron chi connectivity index (χ0n) is 19.1. The third-order valence-corrected chi connectivity index (χ3v) is 6.08. The summed E-state index contributed by atoms with van der Waals surface area (Å²) in [7, 11) is -2.27. The second-order valence-electron chi connectivity index (χ2n) is 7.49. The van der Waals surface area contributed by atoms with Crippen molar-refractivity contribution in [3.05, 3.63) is 71.5 Å². The van der Waals surface area contributed by atoms with Crippen molar-refractivity contribution in [1.29, 1.82) is 0 Å². The van der Waals surface area contributed by atoms with Crippen LogP contribution >= 0.6 is 0 Å². The Kier molecular flexibility index (Phi) is 7.75. The van der Waals surface area contributed by atoms with E-state index in [1.165, 1.54) is 19.2 Å². The highest BCUT2D eigenvalue weighted by atomic mass is 32.2. The Balaban J connectivity index is 1.59. The predicted octanol–water partition coefficient (Wildman–Crippen LogP) is 2.95. The lowest BCUT2D eigenvalue weighted by molar-refractivity contribution is -0.143. The number of rotatable bonds is 10. The number of Topliss-reactive ketones (excluding diaryl/α,β-unsaturated/α-hetero) is 1. The van der Waals surface area contributed by atoms with Crippen molar-refractivity contribution in [2.45, 2.75) is 25.2 Å². The summed E-state index contributed by atoms with van der Waals surface area (Å²) in [6.45, 7) is 3.26. The average Bonchev–Trinajstić information content (AvgIpc) is 3.11. The molecule has 0 radical (unpaired) electrons. The van der Waals surface area contributed by atoms with Crippen molar-refractivity contribution >= 4 is 21.8 Å². The van der Waals surface area contributed by atoms with E-state index in [0.29, 0.717) is 28.4 Å². The lowest BCUT2D eigenvalue weighted by Crippen LogP contribution is -2.16. The van der Waals surface area contributed by atoms with Gasteiger partial charge in [-0.05, 0) is 56.3 Å². The summed E-state index contributed by atoms with van der Waals surface area (Å²) in [4.78, 5) is 24.8. The SMILES string of the molecule is COc1ccccc1OCCC(=O)OCC(=O)c1cc(C)n(-c2ccc(S(N)(=O)=O)cc2)c1C. The van der Waals surface area contributed by atoms with Crippen molar-refractivity contribution in [2.75, 3.05) is 20.3 Å². The number of sulfonamides is 1. The van der Waals surface area contributed by atoms with Gasteiger partial charge in [-0.25, -0.2) is 13.6 Å². The number of ether oxygens (including phenoxy) is 3. The van der Waals surface area contributed by atoms with Crippen LogP contribution in [0.5, 0.6) is 11.5 Å². The number of carbonyl (C=O) groups is 2. The average molecular weight is 487 g/mol. The predicted molar refractivity (Wildman–Crippen MR) is 125 cm³/mol. The minimum Gasteiger partial charge on any atom is -0.493 e. The van der Waals surface area contributed by atoms with Crippen molar-refractivity contribution < 1.29 is 32.2 Å². The summed E-state index contributed by atoms with van der Waals surface area (Å²) in [5.74, 6) is 0.161.